The monoisotopic (exact) mass is 644 g/mol. The molecule has 1 fully saturated rings. The van der Waals surface area contributed by atoms with Gasteiger partial charge in [-0.25, -0.2) is 9.97 Å². The van der Waals surface area contributed by atoms with Crippen LogP contribution in [-0.4, -0.2) is 58.4 Å². The van der Waals surface area contributed by atoms with Crippen molar-refractivity contribution < 1.29 is 9.21 Å². The molecule has 3 aromatic carbocycles. The Kier molecular flexibility index (Phi) is 8.43. The third-order valence-corrected chi connectivity index (χ3v) is 11.0. The van der Waals surface area contributed by atoms with E-state index in [-0.39, 0.29) is 11.8 Å². The maximum absolute atomic E-state index is 12.1. The van der Waals surface area contributed by atoms with Crippen molar-refractivity contribution in [2.45, 2.75) is 59.7 Å². The zero-order valence-electron chi connectivity index (χ0n) is 27.7. The Balaban J connectivity index is 1.19. The van der Waals surface area contributed by atoms with Crippen molar-refractivity contribution in [1.29, 1.82) is 5.26 Å². The van der Waals surface area contributed by atoms with Gasteiger partial charge in [0.25, 0.3) is 0 Å². The average Bonchev–Trinajstić information content (AvgIpc) is 3.82. The van der Waals surface area contributed by atoms with E-state index in [0.717, 1.165) is 65.3 Å². The van der Waals surface area contributed by atoms with Crippen LogP contribution in [0, 0.1) is 31.1 Å². The predicted molar refractivity (Wildman–Crippen MR) is 187 cm³/mol. The number of carbonyl (C=O) groups excluding carboxylic acids is 1. The van der Waals surface area contributed by atoms with Gasteiger partial charge in [-0.2, -0.15) is 5.26 Å². The molecule has 1 saturated heterocycles. The van der Waals surface area contributed by atoms with Crippen LogP contribution in [0.15, 0.2) is 52.9 Å². The maximum atomic E-state index is 12.1. The van der Waals surface area contributed by atoms with E-state index < -0.39 is 0 Å². The summed E-state index contributed by atoms with van der Waals surface area (Å²) in [5, 5.41) is 13.9. The van der Waals surface area contributed by atoms with Gasteiger partial charge in [0, 0.05) is 61.7 Å². The number of oxazole rings is 1. The van der Waals surface area contributed by atoms with Gasteiger partial charge in [-0.15, -0.1) is 11.3 Å². The fraction of sp³-hybridized carbons (Fsp3) is 0.368. The van der Waals surface area contributed by atoms with E-state index in [1.807, 2.05) is 35.6 Å². The quantitative estimate of drug-likeness (QED) is 0.202. The smallest absolute Gasteiger partial charge is 0.227 e. The fourth-order valence-corrected chi connectivity index (χ4v) is 8.34. The second-order valence-electron chi connectivity index (χ2n) is 13.1. The lowest BCUT2D eigenvalue weighted by molar-refractivity contribution is -0.124. The Hall–Kier alpha value is -4.36. The number of aromatic nitrogens is 2. The van der Waals surface area contributed by atoms with E-state index >= 15 is 0 Å². The van der Waals surface area contributed by atoms with Crippen molar-refractivity contribution in [2.75, 3.05) is 26.7 Å². The molecule has 0 aliphatic carbocycles. The van der Waals surface area contributed by atoms with Gasteiger partial charge in [-0.3, -0.25) is 14.6 Å². The van der Waals surface area contributed by atoms with E-state index in [1.165, 1.54) is 21.7 Å². The van der Waals surface area contributed by atoms with Crippen molar-refractivity contribution >= 4 is 28.3 Å². The molecule has 2 aliphatic heterocycles. The zero-order chi connectivity index (χ0) is 32.8. The van der Waals surface area contributed by atoms with E-state index in [0.29, 0.717) is 41.7 Å². The molecule has 240 valence electrons. The highest BCUT2D eigenvalue weighted by Gasteiger charge is 2.28. The molecule has 9 heteroatoms. The van der Waals surface area contributed by atoms with Crippen LogP contribution in [0.3, 0.4) is 0 Å². The molecule has 1 amide bonds. The van der Waals surface area contributed by atoms with Crippen LogP contribution in [0.1, 0.15) is 53.1 Å². The molecule has 8 nitrogen and oxygen atoms in total. The molecule has 1 unspecified atom stereocenters. The summed E-state index contributed by atoms with van der Waals surface area (Å²) in [6.07, 6.45) is 1.84. The minimum Gasteiger partial charge on any atom is -0.435 e. The van der Waals surface area contributed by atoms with Crippen LogP contribution in [0.5, 0.6) is 0 Å². The number of nitrogens with zero attached hydrogens (tertiary/aromatic N) is 5. The van der Waals surface area contributed by atoms with Gasteiger partial charge in [0.1, 0.15) is 16.6 Å². The van der Waals surface area contributed by atoms with Crippen molar-refractivity contribution in [1.82, 2.24) is 25.1 Å². The summed E-state index contributed by atoms with van der Waals surface area (Å²) >= 11 is 1.83. The van der Waals surface area contributed by atoms with E-state index in [9.17, 15) is 10.1 Å². The molecule has 4 heterocycles. The Bertz CT molecular complexity index is 2040. The number of rotatable bonds is 7. The lowest BCUT2D eigenvalue weighted by Gasteiger charge is -2.29. The molecule has 1 N–H and O–H groups in total. The predicted octanol–water partition coefficient (Wildman–Crippen LogP) is 7.11. The number of likely N-dealkylation sites (tertiary alicyclic amines) is 1. The number of benzene rings is 3. The molecule has 0 spiro atoms. The molecule has 0 bridgehead atoms. The van der Waals surface area contributed by atoms with Crippen LogP contribution in [0.4, 0.5) is 0 Å². The third-order valence-electron chi connectivity index (χ3n) is 9.88. The SMILES string of the molecule is CNC(=O)C1CCN(Cc2cc(C#N)c3oc(-c4cccc(-c5cccc(-c6nc7c(s6)CN(C(C)C)CC7)c5C)c4C)nc3c2)C1. The topological polar surface area (TPSA) is 98.3 Å². The van der Waals surface area contributed by atoms with Crippen molar-refractivity contribution in [3.63, 3.8) is 0 Å². The number of hydrogen-bond donors (Lipinski definition) is 1. The first-order chi connectivity index (χ1) is 22.7. The first-order valence-corrected chi connectivity index (χ1v) is 17.3. The second kappa shape index (κ2) is 12.7. The summed E-state index contributed by atoms with van der Waals surface area (Å²) in [7, 11) is 1.68. The highest BCUT2D eigenvalue weighted by atomic mass is 32.1. The van der Waals surface area contributed by atoms with Crippen LogP contribution in [-0.2, 0) is 24.3 Å². The molecule has 47 heavy (non-hydrogen) atoms. The highest BCUT2D eigenvalue weighted by Crippen LogP contribution is 2.40. The van der Waals surface area contributed by atoms with Crippen LogP contribution >= 0.6 is 11.3 Å². The summed E-state index contributed by atoms with van der Waals surface area (Å²) in [6, 6.07) is 19.5. The summed E-state index contributed by atoms with van der Waals surface area (Å²) < 4.78 is 6.32. The van der Waals surface area contributed by atoms with Crippen LogP contribution < -0.4 is 5.32 Å². The van der Waals surface area contributed by atoms with Gasteiger partial charge in [-0.05, 0) is 86.7 Å². The third kappa shape index (κ3) is 5.86. The van der Waals surface area contributed by atoms with Crippen molar-refractivity contribution in [2.24, 2.45) is 5.92 Å². The Labute approximate surface area is 280 Å². The highest BCUT2D eigenvalue weighted by molar-refractivity contribution is 7.15. The average molecular weight is 645 g/mol. The van der Waals surface area contributed by atoms with E-state index in [4.69, 9.17) is 14.4 Å². The van der Waals surface area contributed by atoms with Gasteiger partial charge in [-0.1, -0.05) is 30.3 Å². The summed E-state index contributed by atoms with van der Waals surface area (Å²) in [4.78, 5) is 28.3. The maximum Gasteiger partial charge on any atom is 0.227 e. The Morgan fingerprint density at radius 1 is 1.06 bits per heavy atom. The van der Waals surface area contributed by atoms with Gasteiger partial charge in [0.15, 0.2) is 5.58 Å². The second-order valence-corrected chi connectivity index (χ2v) is 14.2. The number of thiazole rings is 1. The molecule has 5 aromatic rings. The number of carbonyl (C=O) groups is 1. The number of amides is 1. The molecule has 0 saturated carbocycles. The van der Waals surface area contributed by atoms with Crippen molar-refractivity contribution in [3.05, 3.63) is 81.4 Å². The fourth-order valence-electron chi connectivity index (χ4n) is 7.12. The first-order valence-electron chi connectivity index (χ1n) is 16.4. The van der Waals surface area contributed by atoms with Gasteiger partial charge in [0.05, 0.1) is 17.2 Å². The molecule has 1 atom stereocenters. The number of nitriles is 1. The lowest BCUT2D eigenvalue weighted by atomic mass is 9.91. The standard InChI is InChI=1S/C38H40N6O2S/c1-22(2)44-15-13-32-34(21-44)47-38(42-32)31-11-7-9-29(24(31)4)28-8-6-10-30(23(28)3)37-41-33-17-25(16-27(18-39)35(33)46-37)19-43-14-12-26(20-43)36(45)40-5/h6-11,16-17,22,26H,12-15,19-21H2,1-5H3,(H,40,45). The largest absolute Gasteiger partial charge is 0.435 e. The number of hydrogen-bond acceptors (Lipinski definition) is 8. The molecular weight excluding hydrogens is 605 g/mol. The van der Waals surface area contributed by atoms with Gasteiger partial charge >= 0.3 is 0 Å². The van der Waals surface area contributed by atoms with Gasteiger partial charge in [0.2, 0.25) is 11.8 Å². The molecule has 2 aromatic heterocycles. The summed E-state index contributed by atoms with van der Waals surface area (Å²) in [6.45, 7) is 13.1. The Morgan fingerprint density at radius 3 is 2.51 bits per heavy atom. The minimum atomic E-state index is -0.0000218. The molecular formula is C38H40N6O2S. The van der Waals surface area contributed by atoms with E-state index in [1.54, 1.807) is 7.05 Å². The summed E-state index contributed by atoms with van der Waals surface area (Å²) in [5.74, 6) is 0.589. The molecule has 0 radical (unpaired) electrons. The number of fused-ring (bicyclic) bond motifs is 2. The normalized spacial score (nSPS) is 16.9. The Morgan fingerprint density at radius 2 is 1.79 bits per heavy atom. The molecule has 7 rings (SSSR count). The minimum absolute atomic E-state index is 0.0000218. The van der Waals surface area contributed by atoms with Gasteiger partial charge < -0.3 is 9.73 Å². The van der Waals surface area contributed by atoms with Crippen LogP contribution in [0.2, 0.25) is 0 Å². The molecule has 2 aliphatic rings. The van der Waals surface area contributed by atoms with Crippen LogP contribution in [0.25, 0.3) is 44.3 Å². The lowest BCUT2D eigenvalue weighted by Crippen LogP contribution is -2.35. The first kappa shape index (κ1) is 31.3. The number of nitrogens with one attached hydrogen (secondary N) is 1. The van der Waals surface area contributed by atoms with E-state index in [2.05, 4.69) is 73.1 Å². The zero-order valence-corrected chi connectivity index (χ0v) is 28.5. The summed E-state index contributed by atoms with van der Waals surface area (Å²) in [5.41, 5.74) is 10.5. The van der Waals surface area contributed by atoms with Crippen molar-refractivity contribution in [3.8, 4) is 39.2 Å².